The van der Waals surface area contributed by atoms with E-state index in [4.69, 9.17) is 0 Å². The van der Waals surface area contributed by atoms with Crippen molar-refractivity contribution in [2.24, 2.45) is 5.92 Å². The van der Waals surface area contributed by atoms with Crippen LogP contribution in [0.15, 0.2) is 12.1 Å². The lowest BCUT2D eigenvalue weighted by atomic mass is 9.94. The van der Waals surface area contributed by atoms with E-state index < -0.39 is 0 Å². The molecular formula is C13H15FOS. The number of carbonyl (C=O) groups excluding carboxylic acids is 1. The molecule has 1 nitrogen and oxygen atoms in total. The molecule has 1 aromatic carbocycles. The molecule has 0 radical (unpaired) electrons. The molecule has 1 heterocycles. The van der Waals surface area contributed by atoms with Crippen LogP contribution in [0.5, 0.6) is 0 Å². The van der Waals surface area contributed by atoms with E-state index in [9.17, 15) is 9.18 Å². The number of carbonyl (C=O) groups is 1. The van der Waals surface area contributed by atoms with Crippen molar-refractivity contribution < 1.29 is 9.18 Å². The number of hydrogen-bond acceptors (Lipinski definition) is 2. The maximum Gasteiger partial charge on any atom is 0.176 e. The van der Waals surface area contributed by atoms with Gasteiger partial charge in [0.15, 0.2) is 5.78 Å². The first kappa shape index (κ1) is 11.6. The highest BCUT2D eigenvalue weighted by atomic mass is 32.2. The molecule has 1 aromatic rings. The Bertz CT molecular complexity index is 440. The summed E-state index contributed by atoms with van der Waals surface area (Å²) in [5.74, 6) is 0.896. The molecule has 3 heteroatoms. The Balaban J connectivity index is 2.48. The zero-order valence-corrected chi connectivity index (χ0v) is 10.5. The normalized spacial score (nSPS) is 20.1. The Labute approximate surface area is 99.4 Å². The van der Waals surface area contributed by atoms with E-state index in [-0.39, 0.29) is 16.9 Å². The number of rotatable bonds is 1. The average Bonchev–Trinajstić information content (AvgIpc) is 2.19. The first-order valence-corrected chi connectivity index (χ1v) is 6.50. The van der Waals surface area contributed by atoms with Gasteiger partial charge in [0.1, 0.15) is 5.82 Å². The second-order valence-corrected chi connectivity index (χ2v) is 5.72. The lowest BCUT2D eigenvalue weighted by Gasteiger charge is -2.26. The molecule has 1 aliphatic heterocycles. The predicted molar refractivity (Wildman–Crippen MR) is 65.4 cm³/mol. The highest BCUT2D eigenvalue weighted by Gasteiger charge is 2.31. The largest absolute Gasteiger partial charge is 0.293 e. The van der Waals surface area contributed by atoms with Gasteiger partial charge in [0, 0.05) is 11.3 Å². The highest BCUT2D eigenvalue weighted by molar-refractivity contribution is 8.00. The first-order chi connectivity index (χ1) is 7.50. The molecule has 0 saturated carbocycles. The van der Waals surface area contributed by atoms with Gasteiger partial charge >= 0.3 is 0 Å². The van der Waals surface area contributed by atoms with E-state index >= 15 is 0 Å². The number of fused-ring (bicyclic) bond motifs is 1. The summed E-state index contributed by atoms with van der Waals surface area (Å²) in [5, 5.41) is -0.0197. The molecule has 0 amide bonds. The number of halogens is 1. The lowest BCUT2D eigenvalue weighted by molar-refractivity contribution is 0.0972. The maximum atomic E-state index is 13.3. The predicted octanol–water partition coefficient (Wildman–Crippen LogP) is 3.59. The van der Waals surface area contributed by atoms with E-state index in [2.05, 4.69) is 0 Å². The van der Waals surface area contributed by atoms with Gasteiger partial charge in [-0.2, -0.15) is 0 Å². The van der Waals surface area contributed by atoms with Crippen molar-refractivity contribution in [1.82, 2.24) is 0 Å². The van der Waals surface area contributed by atoms with Crippen LogP contribution < -0.4 is 0 Å². The number of aryl methyl sites for hydroxylation is 1. The maximum absolute atomic E-state index is 13.3. The number of benzene rings is 1. The van der Waals surface area contributed by atoms with Crippen molar-refractivity contribution in [2.75, 3.05) is 0 Å². The fraction of sp³-hybridized carbons (Fsp3) is 0.462. The molecule has 1 aliphatic rings. The van der Waals surface area contributed by atoms with Crippen molar-refractivity contribution in [3.05, 3.63) is 34.6 Å². The smallest absolute Gasteiger partial charge is 0.176 e. The summed E-state index contributed by atoms with van der Waals surface area (Å²) in [6, 6.07) is 2.89. The molecule has 16 heavy (non-hydrogen) atoms. The van der Waals surface area contributed by atoms with Crippen LogP contribution in [0.25, 0.3) is 0 Å². The average molecular weight is 238 g/mol. The summed E-state index contributed by atoms with van der Waals surface area (Å²) in [7, 11) is 0. The van der Waals surface area contributed by atoms with Crippen molar-refractivity contribution in [3.63, 3.8) is 0 Å². The minimum atomic E-state index is -0.306. The Morgan fingerprint density at radius 2 is 2.12 bits per heavy atom. The third-order valence-corrected chi connectivity index (χ3v) is 4.55. The summed E-state index contributed by atoms with van der Waals surface area (Å²) >= 11 is 1.67. The third-order valence-electron chi connectivity index (χ3n) is 2.97. The van der Waals surface area contributed by atoms with Gasteiger partial charge in [-0.1, -0.05) is 13.8 Å². The molecule has 0 spiro atoms. The standard InChI is InChI=1S/C13H15FOS/c1-7(2)13-12(15)10-5-9(14)4-8(3)11(10)6-16-13/h4-5,7,13H,6H2,1-3H3. The molecule has 0 fully saturated rings. The van der Waals surface area contributed by atoms with Gasteiger partial charge in [0.05, 0.1) is 5.25 Å². The molecule has 0 bridgehead atoms. The fourth-order valence-corrected chi connectivity index (χ4v) is 3.47. The van der Waals surface area contributed by atoms with Gasteiger partial charge in [-0.25, -0.2) is 4.39 Å². The minimum absolute atomic E-state index is 0.0197. The minimum Gasteiger partial charge on any atom is -0.293 e. The Morgan fingerprint density at radius 1 is 1.44 bits per heavy atom. The molecule has 1 unspecified atom stereocenters. The van der Waals surface area contributed by atoms with Gasteiger partial charge in [0.25, 0.3) is 0 Å². The van der Waals surface area contributed by atoms with Crippen LogP contribution in [-0.4, -0.2) is 11.0 Å². The van der Waals surface area contributed by atoms with E-state index in [1.807, 2.05) is 20.8 Å². The number of hydrogen-bond donors (Lipinski definition) is 0. The van der Waals surface area contributed by atoms with E-state index in [0.717, 1.165) is 16.9 Å². The second kappa shape index (κ2) is 4.21. The SMILES string of the molecule is Cc1cc(F)cc2c1CSC(C(C)C)C2=O. The third kappa shape index (κ3) is 1.88. The van der Waals surface area contributed by atoms with Crippen LogP contribution in [0.1, 0.15) is 35.3 Å². The Kier molecular flexibility index (Phi) is 3.06. The van der Waals surface area contributed by atoms with Gasteiger partial charge in [-0.05, 0) is 36.1 Å². The summed E-state index contributed by atoms with van der Waals surface area (Å²) < 4.78 is 13.3. The molecule has 0 saturated heterocycles. The van der Waals surface area contributed by atoms with Crippen LogP contribution in [0.4, 0.5) is 4.39 Å². The number of thioether (sulfide) groups is 1. The van der Waals surface area contributed by atoms with E-state index in [1.165, 1.54) is 12.1 Å². The molecule has 2 rings (SSSR count). The van der Waals surface area contributed by atoms with Gasteiger partial charge in [0.2, 0.25) is 0 Å². The second-order valence-electron chi connectivity index (χ2n) is 4.59. The summed E-state index contributed by atoms with van der Waals surface area (Å²) in [6.07, 6.45) is 0. The number of ketones is 1. The first-order valence-electron chi connectivity index (χ1n) is 5.45. The van der Waals surface area contributed by atoms with Crippen LogP contribution in [-0.2, 0) is 5.75 Å². The molecule has 1 atom stereocenters. The quantitative estimate of drug-likeness (QED) is 0.743. The molecule has 0 N–H and O–H groups in total. The molecule has 0 aromatic heterocycles. The molecule has 86 valence electrons. The Hall–Kier alpha value is -0.830. The van der Waals surface area contributed by atoms with Crippen LogP contribution in [0.3, 0.4) is 0 Å². The van der Waals surface area contributed by atoms with E-state index in [0.29, 0.717) is 11.5 Å². The van der Waals surface area contributed by atoms with Gasteiger partial charge in [-0.15, -0.1) is 11.8 Å². The summed E-state index contributed by atoms with van der Waals surface area (Å²) in [6.45, 7) is 5.94. The Morgan fingerprint density at radius 3 is 2.75 bits per heavy atom. The topological polar surface area (TPSA) is 17.1 Å². The van der Waals surface area contributed by atoms with Crippen LogP contribution >= 0.6 is 11.8 Å². The van der Waals surface area contributed by atoms with Crippen LogP contribution in [0, 0.1) is 18.7 Å². The van der Waals surface area contributed by atoms with Gasteiger partial charge in [-0.3, -0.25) is 4.79 Å². The van der Waals surface area contributed by atoms with Gasteiger partial charge < -0.3 is 0 Å². The summed E-state index contributed by atoms with van der Waals surface area (Å²) in [5.41, 5.74) is 2.49. The number of Topliss-reactive ketones (excluding diaryl/α,β-unsaturated/α-hetero) is 1. The van der Waals surface area contributed by atoms with Crippen LogP contribution in [0.2, 0.25) is 0 Å². The van der Waals surface area contributed by atoms with Crippen molar-refractivity contribution in [1.29, 1.82) is 0 Å². The lowest BCUT2D eigenvalue weighted by Crippen LogP contribution is -2.28. The fourth-order valence-electron chi connectivity index (χ4n) is 2.08. The van der Waals surface area contributed by atoms with Crippen molar-refractivity contribution in [3.8, 4) is 0 Å². The molecular weight excluding hydrogens is 223 g/mol. The van der Waals surface area contributed by atoms with E-state index in [1.54, 1.807) is 11.8 Å². The zero-order valence-electron chi connectivity index (χ0n) is 9.71. The van der Waals surface area contributed by atoms with Crippen molar-refractivity contribution in [2.45, 2.75) is 31.8 Å². The molecule has 0 aliphatic carbocycles. The highest BCUT2D eigenvalue weighted by Crippen LogP contribution is 2.35. The zero-order chi connectivity index (χ0) is 11.9. The monoisotopic (exact) mass is 238 g/mol. The van der Waals surface area contributed by atoms with Crippen molar-refractivity contribution >= 4 is 17.5 Å². The summed E-state index contributed by atoms with van der Waals surface area (Å²) in [4.78, 5) is 12.2.